The Labute approximate surface area is 134 Å². The normalized spacial score (nSPS) is 11.7. The van der Waals surface area contributed by atoms with Crippen LogP contribution in [0.4, 0.5) is 0 Å². The van der Waals surface area contributed by atoms with E-state index in [4.69, 9.17) is 12.8 Å². The van der Waals surface area contributed by atoms with Crippen LogP contribution >= 0.6 is 0 Å². The Hall–Kier alpha value is -3.01. The average molecular weight is 293 g/mol. The molecule has 0 unspecified atom stereocenters. The lowest BCUT2D eigenvalue weighted by atomic mass is 9.96. The van der Waals surface area contributed by atoms with Crippen LogP contribution in [0.3, 0.4) is 0 Å². The molecule has 0 bridgehead atoms. The van der Waals surface area contributed by atoms with Gasteiger partial charge in [-0.25, -0.2) is 4.98 Å². The summed E-state index contributed by atoms with van der Waals surface area (Å²) in [5.74, 6) is 0.901. The van der Waals surface area contributed by atoms with Crippen LogP contribution in [0.15, 0.2) is 72.8 Å². The Morgan fingerprint density at radius 3 is 2.30 bits per heavy atom. The fourth-order valence-electron chi connectivity index (χ4n) is 3.25. The van der Waals surface area contributed by atoms with E-state index in [2.05, 4.69) is 45.4 Å². The topological polar surface area (TPSA) is 22.2 Å². The third kappa shape index (κ3) is 1.69. The molecule has 0 fully saturated rings. The summed E-state index contributed by atoms with van der Waals surface area (Å²) in [4.78, 5) is 4.84. The molecule has 0 aliphatic heterocycles. The number of benzene rings is 3. The van der Waals surface area contributed by atoms with Crippen molar-refractivity contribution in [2.45, 2.75) is 0 Å². The quantitative estimate of drug-likeness (QED) is 0.435. The van der Waals surface area contributed by atoms with Crippen molar-refractivity contribution < 1.29 is 0 Å². The Kier molecular flexibility index (Phi) is 2.45. The fourth-order valence-corrected chi connectivity index (χ4v) is 3.25. The number of fused-ring (bicyclic) bond motifs is 5. The third-order valence-electron chi connectivity index (χ3n) is 4.24. The van der Waals surface area contributed by atoms with Gasteiger partial charge in [0.2, 0.25) is 5.78 Å². The maximum Gasteiger partial charge on any atom is 0.220 e. The van der Waals surface area contributed by atoms with E-state index < -0.39 is 0 Å². The first-order valence-electron chi connectivity index (χ1n) is 7.55. The zero-order chi connectivity index (χ0) is 15.4. The number of rotatable bonds is 1. The van der Waals surface area contributed by atoms with Gasteiger partial charge in [0.1, 0.15) is 7.85 Å². The van der Waals surface area contributed by atoms with E-state index in [1.165, 1.54) is 0 Å². The monoisotopic (exact) mass is 293 g/mol. The van der Waals surface area contributed by atoms with Crippen LogP contribution < -0.4 is 5.46 Å². The molecule has 0 atom stereocenters. The first-order valence-corrected chi connectivity index (χ1v) is 7.55. The van der Waals surface area contributed by atoms with Crippen LogP contribution in [0.5, 0.6) is 0 Å². The molecule has 3 aromatic carbocycles. The van der Waals surface area contributed by atoms with Crippen LogP contribution in [-0.4, -0.2) is 21.8 Å². The Morgan fingerprint density at radius 2 is 1.48 bits per heavy atom. The van der Waals surface area contributed by atoms with E-state index in [1.807, 2.05) is 36.4 Å². The highest BCUT2D eigenvalue weighted by Gasteiger charge is 2.16. The van der Waals surface area contributed by atoms with Gasteiger partial charge in [0.25, 0.3) is 0 Å². The maximum absolute atomic E-state index is 5.99. The SMILES string of the molecule is [B]c1ccc2nc3n(-c4ccccc4)c4ccccc4n3c2c1. The van der Waals surface area contributed by atoms with Crippen LogP contribution in [0.2, 0.25) is 0 Å². The molecule has 3 nitrogen and oxygen atoms in total. The molecule has 2 heterocycles. The van der Waals surface area contributed by atoms with Crippen molar-refractivity contribution in [1.82, 2.24) is 14.0 Å². The highest BCUT2D eigenvalue weighted by Crippen LogP contribution is 2.28. The smallest absolute Gasteiger partial charge is 0.220 e. The van der Waals surface area contributed by atoms with Crippen molar-refractivity contribution in [2.24, 2.45) is 0 Å². The fraction of sp³-hybridized carbons (Fsp3) is 0. The summed E-state index contributed by atoms with van der Waals surface area (Å²) in [6.07, 6.45) is 0. The molecule has 0 spiro atoms. The minimum absolute atomic E-state index is 0.746. The summed E-state index contributed by atoms with van der Waals surface area (Å²) in [6, 6.07) is 24.5. The number of aromatic nitrogens is 3. The van der Waals surface area contributed by atoms with Gasteiger partial charge in [-0.05, 0) is 36.4 Å². The van der Waals surface area contributed by atoms with E-state index in [-0.39, 0.29) is 0 Å². The van der Waals surface area contributed by atoms with Gasteiger partial charge in [-0.15, -0.1) is 0 Å². The van der Waals surface area contributed by atoms with E-state index >= 15 is 0 Å². The predicted molar refractivity (Wildman–Crippen MR) is 94.9 cm³/mol. The molecule has 2 radical (unpaired) electrons. The van der Waals surface area contributed by atoms with E-state index in [0.717, 1.165) is 39.0 Å². The molecule has 2 aromatic heterocycles. The van der Waals surface area contributed by atoms with Crippen molar-refractivity contribution >= 4 is 41.2 Å². The number of nitrogens with zero attached hydrogens (tertiary/aromatic N) is 3. The summed E-state index contributed by atoms with van der Waals surface area (Å²) >= 11 is 0. The molecular formula is C19H12BN3. The standard InChI is InChI=1S/C19H12BN3/c20-13-10-11-15-18(12-13)23-17-9-5-4-8-16(17)22(19(23)21-15)14-6-2-1-3-7-14/h1-12H. The molecule has 0 amide bonds. The van der Waals surface area contributed by atoms with Crippen molar-refractivity contribution in [2.75, 3.05) is 0 Å². The van der Waals surface area contributed by atoms with Crippen LogP contribution in [0, 0.1) is 0 Å². The Bertz CT molecular complexity index is 1170. The molecule has 23 heavy (non-hydrogen) atoms. The highest BCUT2D eigenvalue weighted by molar-refractivity contribution is 6.33. The summed E-state index contributed by atoms with van der Waals surface area (Å²) in [5, 5.41) is 0. The second kappa shape index (κ2) is 4.49. The molecule has 0 aliphatic carbocycles. The van der Waals surface area contributed by atoms with Crippen LogP contribution in [-0.2, 0) is 0 Å². The van der Waals surface area contributed by atoms with Gasteiger partial charge in [-0.1, -0.05) is 41.9 Å². The minimum Gasteiger partial charge on any atom is -0.278 e. The number of hydrogen-bond donors (Lipinski definition) is 0. The molecule has 0 saturated carbocycles. The molecule has 106 valence electrons. The van der Waals surface area contributed by atoms with Crippen molar-refractivity contribution in [3.63, 3.8) is 0 Å². The average Bonchev–Trinajstić information content (AvgIpc) is 3.10. The predicted octanol–water partition coefficient (Wildman–Crippen LogP) is 3.23. The molecular weight excluding hydrogens is 281 g/mol. The largest absolute Gasteiger partial charge is 0.278 e. The lowest BCUT2D eigenvalue weighted by Gasteiger charge is -2.04. The summed E-state index contributed by atoms with van der Waals surface area (Å²) in [6.45, 7) is 0. The van der Waals surface area contributed by atoms with Gasteiger partial charge in [-0.3, -0.25) is 8.97 Å². The zero-order valence-corrected chi connectivity index (χ0v) is 12.3. The Morgan fingerprint density at radius 1 is 0.739 bits per heavy atom. The van der Waals surface area contributed by atoms with Crippen molar-refractivity contribution in [3.8, 4) is 5.69 Å². The number of imidazole rings is 2. The molecule has 0 aliphatic rings. The van der Waals surface area contributed by atoms with Gasteiger partial charge >= 0.3 is 0 Å². The second-order valence-electron chi connectivity index (χ2n) is 5.66. The maximum atomic E-state index is 5.99. The van der Waals surface area contributed by atoms with Gasteiger partial charge < -0.3 is 0 Å². The first-order chi connectivity index (χ1) is 11.3. The van der Waals surface area contributed by atoms with Crippen molar-refractivity contribution in [1.29, 1.82) is 0 Å². The molecule has 4 heteroatoms. The van der Waals surface area contributed by atoms with Crippen molar-refractivity contribution in [3.05, 3.63) is 72.8 Å². The summed E-state index contributed by atoms with van der Waals surface area (Å²) in [7, 11) is 5.99. The van der Waals surface area contributed by atoms with Crippen LogP contribution in [0.25, 0.3) is 33.5 Å². The zero-order valence-electron chi connectivity index (χ0n) is 12.3. The highest BCUT2D eigenvalue weighted by atomic mass is 15.2. The van der Waals surface area contributed by atoms with E-state index in [1.54, 1.807) is 0 Å². The van der Waals surface area contributed by atoms with Crippen LogP contribution in [0.1, 0.15) is 0 Å². The summed E-state index contributed by atoms with van der Waals surface area (Å²) < 4.78 is 4.36. The minimum atomic E-state index is 0.746. The van der Waals surface area contributed by atoms with E-state index in [0.29, 0.717) is 0 Å². The third-order valence-corrected chi connectivity index (χ3v) is 4.24. The molecule has 5 rings (SSSR count). The number of para-hydroxylation sites is 3. The Balaban J connectivity index is 2.05. The second-order valence-corrected chi connectivity index (χ2v) is 5.66. The lowest BCUT2D eigenvalue weighted by Crippen LogP contribution is -2.00. The summed E-state index contributed by atoms with van der Waals surface area (Å²) in [5.41, 5.74) is 6.08. The first kappa shape index (κ1) is 12.5. The lowest BCUT2D eigenvalue weighted by molar-refractivity contribution is 1.11. The van der Waals surface area contributed by atoms with Gasteiger partial charge in [0.05, 0.1) is 22.1 Å². The van der Waals surface area contributed by atoms with Gasteiger partial charge in [0.15, 0.2) is 0 Å². The molecule has 0 saturated heterocycles. The molecule has 5 aromatic rings. The molecule has 0 N–H and O–H groups in total. The van der Waals surface area contributed by atoms with E-state index in [9.17, 15) is 0 Å². The number of hydrogen-bond acceptors (Lipinski definition) is 1. The van der Waals surface area contributed by atoms with Gasteiger partial charge in [-0.2, -0.15) is 0 Å². The van der Waals surface area contributed by atoms with Gasteiger partial charge in [0, 0.05) is 5.69 Å².